The zero-order chi connectivity index (χ0) is 46.9. The van der Waals surface area contributed by atoms with Gasteiger partial charge in [-0.3, -0.25) is 0 Å². The molecule has 11 aromatic carbocycles. The lowest BCUT2D eigenvalue weighted by molar-refractivity contribution is 0.332. The highest BCUT2D eigenvalue weighted by molar-refractivity contribution is 6.26. The van der Waals surface area contributed by atoms with Gasteiger partial charge in [-0.2, -0.15) is 0 Å². The maximum absolute atomic E-state index is 2.60. The first kappa shape index (κ1) is 41.0. The van der Waals surface area contributed by atoms with E-state index in [1.54, 1.807) is 0 Å². The van der Waals surface area contributed by atoms with Crippen molar-refractivity contribution in [1.82, 2.24) is 0 Å². The predicted octanol–water partition coefficient (Wildman–Crippen LogP) is 18.6. The Morgan fingerprint density at radius 1 is 0.286 bits per heavy atom. The van der Waals surface area contributed by atoms with Gasteiger partial charge in [0.05, 0.1) is 11.1 Å². The molecule has 3 aliphatic carbocycles. The van der Waals surface area contributed by atoms with Gasteiger partial charge in [-0.1, -0.05) is 216 Å². The largest absolute Gasteiger partial charge is 0.310 e. The summed E-state index contributed by atoms with van der Waals surface area (Å²) >= 11 is 0. The standard InChI is InChI=1S/C69H53N/c1-67(2)38-39-68(3,4)65-40-46(32-37-63(65)67)57-42-59-56-26-14-17-29-62(56)69(60-27-15-12-24-54(60)55-25-13-16-28-61(55)69)64(59)43-66(57)70(47-33-30-45(31-34-47)44-18-6-5-7-19-44)48-35-36-53-51-22-9-8-20-49(51)50-21-10-11-23-52(50)58(53)41-48/h5-37,40-43H,38-39H2,1-4H3. The van der Waals surface area contributed by atoms with E-state index in [2.05, 4.69) is 257 Å². The van der Waals surface area contributed by atoms with Crippen LogP contribution in [0.4, 0.5) is 17.1 Å². The minimum Gasteiger partial charge on any atom is -0.310 e. The molecule has 1 heteroatoms. The zero-order valence-electron chi connectivity index (χ0n) is 40.2. The third kappa shape index (κ3) is 5.79. The van der Waals surface area contributed by atoms with Crippen molar-refractivity contribution in [2.24, 2.45) is 0 Å². The third-order valence-corrected chi connectivity index (χ3v) is 16.7. The van der Waals surface area contributed by atoms with E-state index in [1.807, 2.05) is 0 Å². The van der Waals surface area contributed by atoms with E-state index in [1.165, 1.54) is 117 Å². The Bertz CT molecular complexity index is 3860. The third-order valence-electron chi connectivity index (χ3n) is 16.7. The van der Waals surface area contributed by atoms with Gasteiger partial charge in [0.25, 0.3) is 0 Å². The minimum absolute atomic E-state index is 0.0425. The van der Waals surface area contributed by atoms with Crippen LogP contribution in [0, 0.1) is 0 Å². The Kier molecular flexibility index (Phi) is 8.79. The Labute approximate surface area is 411 Å². The van der Waals surface area contributed by atoms with Crippen molar-refractivity contribution in [3.8, 4) is 44.5 Å². The monoisotopic (exact) mass is 895 g/mol. The second-order valence-corrected chi connectivity index (χ2v) is 21.4. The highest BCUT2D eigenvalue weighted by atomic mass is 15.1. The Hall–Kier alpha value is -8.00. The number of fused-ring (bicyclic) bond motifs is 17. The first-order valence-corrected chi connectivity index (χ1v) is 25.1. The molecular formula is C69H53N. The molecule has 0 unspecified atom stereocenters. The highest BCUT2D eigenvalue weighted by Crippen LogP contribution is 2.64. The smallest absolute Gasteiger partial charge is 0.0726 e. The lowest BCUT2D eigenvalue weighted by Crippen LogP contribution is -2.33. The fraction of sp³-hybridized carbons (Fsp3) is 0.130. The number of benzene rings is 11. The van der Waals surface area contributed by atoms with E-state index in [4.69, 9.17) is 0 Å². The number of rotatable bonds is 5. The summed E-state index contributed by atoms with van der Waals surface area (Å²) in [7, 11) is 0. The lowest BCUT2D eigenvalue weighted by atomic mass is 9.63. The summed E-state index contributed by atoms with van der Waals surface area (Å²) in [5.41, 5.74) is 21.5. The molecule has 0 aromatic heterocycles. The predicted molar refractivity (Wildman–Crippen MR) is 296 cm³/mol. The Morgan fingerprint density at radius 2 is 0.743 bits per heavy atom. The maximum Gasteiger partial charge on any atom is 0.0726 e. The van der Waals surface area contributed by atoms with Gasteiger partial charge in [0.2, 0.25) is 0 Å². The van der Waals surface area contributed by atoms with Crippen molar-refractivity contribution in [2.45, 2.75) is 56.8 Å². The lowest BCUT2D eigenvalue weighted by Gasteiger charge is -2.42. The molecular weight excluding hydrogens is 843 g/mol. The van der Waals surface area contributed by atoms with Gasteiger partial charge < -0.3 is 4.90 Å². The van der Waals surface area contributed by atoms with E-state index in [0.29, 0.717) is 0 Å². The summed E-state index contributed by atoms with van der Waals surface area (Å²) in [6.07, 6.45) is 2.33. The summed E-state index contributed by atoms with van der Waals surface area (Å²) < 4.78 is 0. The van der Waals surface area contributed by atoms with Crippen molar-refractivity contribution in [1.29, 1.82) is 0 Å². The summed E-state index contributed by atoms with van der Waals surface area (Å²) in [4.78, 5) is 2.58. The Morgan fingerprint density at radius 3 is 1.34 bits per heavy atom. The molecule has 1 spiro atoms. The van der Waals surface area contributed by atoms with Crippen LogP contribution < -0.4 is 4.90 Å². The molecule has 334 valence electrons. The second-order valence-electron chi connectivity index (χ2n) is 21.4. The maximum atomic E-state index is 2.60. The summed E-state index contributed by atoms with van der Waals surface area (Å²) in [6.45, 7) is 9.77. The molecule has 0 saturated heterocycles. The van der Waals surface area contributed by atoms with E-state index in [0.717, 1.165) is 23.5 Å². The van der Waals surface area contributed by atoms with Crippen molar-refractivity contribution >= 4 is 49.4 Å². The molecule has 0 aliphatic heterocycles. The van der Waals surface area contributed by atoms with Crippen LogP contribution in [0.3, 0.4) is 0 Å². The van der Waals surface area contributed by atoms with Crippen LogP contribution in [-0.4, -0.2) is 0 Å². The molecule has 3 aliphatic rings. The molecule has 1 nitrogen and oxygen atoms in total. The molecule has 0 radical (unpaired) electrons. The molecule has 11 aromatic rings. The highest BCUT2D eigenvalue weighted by Gasteiger charge is 2.52. The molecule has 0 N–H and O–H groups in total. The van der Waals surface area contributed by atoms with Crippen molar-refractivity contribution in [3.63, 3.8) is 0 Å². The quantitative estimate of drug-likeness (QED) is 0.156. The van der Waals surface area contributed by atoms with Gasteiger partial charge in [-0.15, -0.1) is 0 Å². The van der Waals surface area contributed by atoms with Crippen LogP contribution in [-0.2, 0) is 16.2 Å². The first-order chi connectivity index (χ1) is 34.2. The van der Waals surface area contributed by atoms with E-state index in [-0.39, 0.29) is 10.8 Å². The molecule has 0 saturated carbocycles. The van der Waals surface area contributed by atoms with Crippen LogP contribution >= 0.6 is 0 Å². The van der Waals surface area contributed by atoms with Gasteiger partial charge in [0.15, 0.2) is 0 Å². The molecule has 14 rings (SSSR count). The van der Waals surface area contributed by atoms with Crippen LogP contribution in [0.15, 0.2) is 224 Å². The molecule has 0 fully saturated rings. The average molecular weight is 896 g/mol. The van der Waals surface area contributed by atoms with Crippen molar-refractivity contribution in [3.05, 3.63) is 258 Å². The van der Waals surface area contributed by atoms with Crippen LogP contribution in [0.25, 0.3) is 76.8 Å². The van der Waals surface area contributed by atoms with Gasteiger partial charge in [0, 0.05) is 16.9 Å². The van der Waals surface area contributed by atoms with Crippen molar-refractivity contribution in [2.75, 3.05) is 4.90 Å². The van der Waals surface area contributed by atoms with E-state index >= 15 is 0 Å². The number of hydrogen-bond donors (Lipinski definition) is 0. The molecule has 0 amide bonds. The first-order valence-electron chi connectivity index (χ1n) is 25.1. The molecule has 0 bridgehead atoms. The van der Waals surface area contributed by atoms with Gasteiger partial charge in [-0.05, 0) is 165 Å². The van der Waals surface area contributed by atoms with Crippen LogP contribution in [0.2, 0.25) is 0 Å². The number of anilines is 3. The minimum atomic E-state index is -0.504. The molecule has 0 atom stereocenters. The number of hydrogen-bond acceptors (Lipinski definition) is 1. The van der Waals surface area contributed by atoms with E-state index in [9.17, 15) is 0 Å². The Balaban J connectivity index is 1.11. The van der Waals surface area contributed by atoms with E-state index < -0.39 is 5.41 Å². The zero-order valence-corrected chi connectivity index (χ0v) is 40.2. The summed E-state index contributed by atoms with van der Waals surface area (Å²) in [6, 6.07) is 85.3. The van der Waals surface area contributed by atoms with Crippen molar-refractivity contribution < 1.29 is 0 Å². The van der Waals surface area contributed by atoms with Crippen LogP contribution in [0.1, 0.15) is 73.9 Å². The summed E-state index contributed by atoms with van der Waals surface area (Å²) in [5, 5.41) is 7.61. The SMILES string of the molecule is CC1(C)CCC(C)(C)c2cc(-c3cc4c(cc3N(c3ccc(-c5ccccc5)cc3)c3ccc5c6ccccc6c6ccccc6c5c3)C3(c5ccccc5-c5ccccc53)c3ccccc3-4)ccc21. The molecule has 0 heterocycles. The number of nitrogens with zero attached hydrogens (tertiary/aromatic N) is 1. The summed E-state index contributed by atoms with van der Waals surface area (Å²) in [5.74, 6) is 0. The normalized spacial score (nSPS) is 15.4. The topological polar surface area (TPSA) is 3.24 Å². The average Bonchev–Trinajstić information content (AvgIpc) is 3.87. The fourth-order valence-corrected chi connectivity index (χ4v) is 13.2. The van der Waals surface area contributed by atoms with Gasteiger partial charge in [0.1, 0.15) is 0 Å². The molecule has 70 heavy (non-hydrogen) atoms. The van der Waals surface area contributed by atoms with Crippen LogP contribution in [0.5, 0.6) is 0 Å². The second kappa shape index (κ2) is 15.0. The fourth-order valence-electron chi connectivity index (χ4n) is 13.2. The van der Waals surface area contributed by atoms with Gasteiger partial charge in [-0.25, -0.2) is 0 Å². The van der Waals surface area contributed by atoms with Gasteiger partial charge >= 0.3 is 0 Å².